The van der Waals surface area contributed by atoms with Crippen LogP contribution in [0.1, 0.15) is 46.2 Å². The average Bonchev–Trinajstić information content (AvgIpc) is 2.15. The van der Waals surface area contributed by atoms with Crippen molar-refractivity contribution in [2.24, 2.45) is 5.41 Å². The topological polar surface area (TPSA) is 12.0 Å². The highest BCUT2D eigenvalue weighted by atomic mass is 35.5. The standard InChI is InChI=1S/C14H21Cl2N/c1-9(17-10(2)14(3,4)5)12-7-6-11(15)8-13(12)16/h6-10,17H,1-5H3. The van der Waals surface area contributed by atoms with Crippen LogP contribution < -0.4 is 5.32 Å². The van der Waals surface area contributed by atoms with Crippen molar-refractivity contribution < 1.29 is 0 Å². The number of nitrogens with one attached hydrogen (secondary N) is 1. The third-order valence-electron chi connectivity index (χ3n) is 3.23. The van der Waals surface area contributed by atoms with E-state index >= 15 is 0 Å². The van der Waals surface area contributed by atoms with E-state index in [0.717, 1.165) is 10.6 Å². The lowest BCUT2D eigenvalue weighted by Gasteiger charge is -2.31. The molecule has 1 aromatic rings. The zero-order chi connectivity index (χ0) is 13.2. The molecule has 2 atom stereocenters. The molecule has 0 aliphatic heterocycles. The van der Waals surface area contributed by atoms with Crippen molar-refractivity contribution in [1.29, 1.82) is 0 Å². The van der Waals surface area contributed by atoms with Gasteiger partial charge in [-0.25, -0.2) is 0 Å². The summed E-state index contributed by atoms with van der Waals surface area (Å²) in [5.41, 5.74) is 1.32. The Morgan fingerprint density at radius 2 is 1.71 bits per heavy atom. The van der Waals surface area contributed by atoms with Crippen LogP contribution in [0.15, 0.2) is 18.2 Å². The van der Waals surface area contributed by atoms with Crippen LogP contribution in [0.25, 0.3) is 0 Å². The molecule has 0 aliphatic rings. The monoisotopic (exact) mass is 273 g/mol. The molecule has 96 valence electrons. The van der Waals surface area contributed by atoms with Gasteiger partial charge in [-0.1, -0.05) is 50.0 Å². The van der Waals surface area contributed by atoms with Crippen molar-refractivity contribution in [3.63, 3.8) is 0 Å². The molecule has 0 fully saturated rings. The molecule has 2 unspecified atom stereocenters. The molecule has 1 N–H and O–H groups in total. The van der Waals surface area contributed by atoms with Crippen LogP contribution in [0, 0.1) is 5.41 Å². The second-order valence-electron chi connectivity index (χ2n) is 5.64. The smallest absolute Gasteiger partial charge is 0.0468 e. The van der Waals surface area contributed by atoms with Gasteiger partial charge in [0.25, 0.3) is 0 Å². The van der Waals surface area contributed by atoms with Crippen LogP contribution in [0.4, 0.5) is 0 Å². The second-order valence-corrected chi connectivity index (χ2v) is 6.49. The van der Waals surface area contributed by atoms with E-state index in [1.165, 1.54) is 0 Å². The molecule has 0 radical (unpaired) electrons. The predicted molar refractivity (Wildman–Crippen MR) is 76.9 cm³/mol. The highest BCUT2D eigenvalue weighted by Gasteiger charge is 2.22. The van der Waals surface area contributed by atoms with E-state index in [1.54, 1.807) is 6.07 Å². The minimum absolute atomic E-state index is 0.217. The lowest BCUT2D eigenvalue weighted by atomic mass is 9.87. The highest BCUT2D eigenvalue weighted by Crippen LogP contribution is 2.28. The molecular weight excluding hydrogens is 253 g/mol. The summed E-state index contributed by atoms with van der Waals surface area (Å²) in [6.45, 7) is 11.0. The van der Waals surface area contributed by atoms with Crippen LogP contribution in [-0.2, 0) is 0 Å². The van der Waals surface area contributed by atoms with Crippen LogP contribution in [0.2, 0.25) is 10.0 Å². The molecule has 1 rings (SSSR count). The van der Waals surface area contributed by atoms with Gasteiger partial charge in [0.2, 0.25) is 0 Å². The summed E-state index contributed by atoms with van der Waals surface area (Å²) in [6, 6.07) is 6.27. The maximum atomic E-state index is 6.20. The molecule has 0 heterocycles. The van der Waals surface area contributed by atoms with Gasteiger partial charge in [0.15, 0.2) is 0 Å². The number of rotatable bonds is 3. The van der Waals surface area contributed by atoms with Crippen molar-refractivity contribution >= 4 is 23.2 Å². The first kappa shape index (κ1) is 14.8. The maximum absolute atomic E-state index is 6.20. The number of halogens is 2. The van der Waals surface area contributed by atoms with Crippen molar-refractivity contribution in [3.05, 3.63) is 33.8 Å². The molecule has 0 spiro atoms. The highest BCUT2D eigenvalue weighted by molar-refractivity contribution is 6.35. The number of benzene rings is 1. The molecule has 0 saturated heterocycles. The van der Waals surface area contributed by atoms with Gasteiger partial charge in [0, 0.05) is 22.1 Å². The SMILES string of the molecule is CC(NC(C)C(C)(C)C)c1ccc(Cl)cc1Cl. The number of hydrogen-bond acceptors (Lipinski definition) is 1. The third-order valence-corrected chi connectivity index (χ3v) is 3.79. The summed E-state index contributed by atoms with van der Waals surface area (Å²) >= 11 is 12.1. The van der Waals surface area contributed by atoms with Gasteiger partial charge in [0.05, 0.1) is 0 Å². The normalized spacial score (nSPS) is 15.7. The van der Waals surface area contributed by atoms with E-state index in [0.29, 0.717) is 11.1 Å². The fourth-order valence-electron chi connectivity index (χ4n) is 1.57. The largest absolute Gasteiger partial charge is 0.307 e. The molecule has 0 saturated carbocycles. The fraction of sp³-hybridized carbons (Fsp3) is 0.571. The summed E-state index contributed by atoms with van der Waals surface area (Å²) in [5.74, 6) is 0. The Morgan fingerprint density at radius 1 is 1.12 bits per heavy atom. The minimum Gasteiger partial charge on any atom is -0.307 e. The maximum Gasteiger partial charge on any atom is 0.0468 e. The van der Waals surface area contributed by atoms with Gasteiger partial charge in [0.1, 0.15) is 0 Å². The summed E-state index contributed by atoms with van der Waals surface area (Å²) in [4.78, 5) is 0. The first-order chi connectivity index (χ1) is 7.71. The van der Waals surface area contributed by atoms with Gasteiger partial charge >= 0.3 is 0 Å². The lowest BCUT2D eigenvalue weighted by molar-refractivity contribution is 0.268. The second kappa shape index (κ2) is 5.60. The van der Waals surface area contributed by atoms with Crippen LogP contribution in [0.5, 0.6) is 0 Å². The lowest BCUT2D eigenvalue weighted by Crippen LogP contribution is -2.39. The Balaban J connectivity index is 2.80. The molecule has 1 nitrogen and oxygen atoms in total. The van der Waals surface area contributed by atoms with Gasteiger partial charge in [-0.2, -0.15) is 0 Å². The van der Waals surface area contributed by atoms with Crippen molar-refractivity contribution in [1.82, 2.24) is 5.32 Å². The number of hydrogen-bond donors (Lipinski definition) is 1. The van der Waals surface area contributed by atoms with Crippen molar-refractivity contribution in [3.8, 4) is 0 Å². The summed E-state index contributed by atoms with van der Waals surface area (Å²) in [7, 11) is 0. The molecule has 0 aliphatic carbocycles. The molecule has 0 amide bonds. The minimum atomic E-state index is 0.217. The van der Waals surface area contributed by atoms with E-state index in [1.807, 2.05) is 12.1 Å². The van der Waals surface area contributed by atoms with E-state index < -0.39 is 0 Å². The Bertz CT molecular complexity index is 382. The summed E-state index contributed by atoms with van der Waals surface area (Å²) in [6.07, 6.45) is 0. The molecule has 0 aromatic heterocycles. The molecule has 0 bridgehead atoms. The van der Waals surface area contributed by atoms with E-state index in [4.69, 9.17) is 23.2 Å². The van der Waals surface area contributed by atoms with Gasteiger partial charge in [-0.15, -0.1) is 0 Å². The first-order valence-corrected chi connectivity index (χ1v) is 6.68. The van der Waals surface area contributed by atoms with Crippen LogP contribution in [-0.4, -0.2) is 6.04 Å². The Hall–Kier alpha value is -0.240. The third kappa shape index (κ3) is 4.17. The molecule has 17 heavy (non-hydrogen) atoms. The Labute approximate surface area is 115 Å². The average molecular weight is 274 g/mol. The summed E-state index contributed by atoms with van der Waals surface area (Å²) in [5, 5.41) is 4.97. The van der Waals surface area contributed by atoms with E-state index in [-0.39, 0.29) is 11.5 Å². The quantitative estimate of drug-likeness (QED) is 0.810. The van der Waals surface area contributed by atoms with Crippen molar-refractivity contribution in [2.45, 2.75) is 46.7 Å². The molecule has 3 heteroatoms. The zero-order valence-electron chi connectivity index (χ0n) is 11.1. The predicted octanol–water partition coefficient (Wildman–Crippen LogP) is 5.08. The molecular formula is C14H21Cl2N. The Morgan fingerprint density at radius 3 is 2.18 bits per heavy atom. The first-order valence-electron chi connectivity index (χ1n) is 5.93. The van der Waals surface area contributed by atoms with Crippen LogP contribution in [0.3, 0.4) is 0 Å². The fourth-order valence-corrected chi connectivity index (χ4v) is 2.14. The Kier molecular flexibility index (Phi) is 4.88. The zero-order valence-corrected chi connectivity index (χ0v) is 12.7. The van der Waals surface area contributed by atoms with Crippen LogP contribution >= 0.6 is 23.2 Å². The van der Waals surface area contributed by atoms with Crippen molar-refractivity contribution in [2.75, 3.05) is 0 Å². The molecule has 1 aromatic carbocycles. The van der Waals surface area contributed by atoms with Gasteiger partial charge in [-0.3, -0.25) is 0 Å². The van der Waals surface area contributed by atoms with E-state index in [9.17, 15) is 0 Å². The van der Waals surface area contributed by atoms with Gasteiger partial charge in [-0.05, 0) is 37.0 Å². The van der Waals surface area contributed by atoms with E-state index in [2.05, 4.69) is 39.9 Å². The van der Waals surface area contributed by atoms with Gasteiger partial charge < -0.3 is 5.32 Å². The summed E-state index contributed by atoms with van der Waals surface area (Å²) < 4.78 is 0.